The minimum absolute atomic E-state index is 0. The molecule has 1 aromatic rings. The Balaban J connectivity index is 0.00000144. The number of hydrogen-bond acceptors (Lipinski definition) is 1. The molecule has 0 aliphatic heterocycles. The summed E-state index contributed by atoms with van der Waals surface area (Å²) < 4.78 is 13.8. The number of hydrogen-bond donors (Lipinski definition) is 2. The Hall–Kier alpha value is -0.370. The smallest absolute Gasteiger partial charge is 0.189 e. The molecule has 3 nitrogen and oxygen atoms in total. The third-order valence-corrected chi connectivity index (χ3v) is 3.13. The van der Waals surface area contributed by atoms with Gasteiger partial charge < -0.3 is 11.1 Å². The predicted molar refractivity (Wildman–Crippen MR) is 81.0 cm³/mol. The summed E-state index contributed by atoms with van der Waals surface area (Å²) >= 11 is 3.35. The zero-order chi connectivity index (χ0) is 11.5. The molecule has 94 valence electrons. The molecular weight excluding hydrogens is 400 g/mol. The summed E-state index contributed by atoms with van der Waals surface area (Å²) in [5.41, 5.74) is 6.47. The van der Waals surface area contributed by atoms with Gasteiger partial charge in [0.1, 0.15) is 5.82 Å². The van der Waals surface area contributed by atoms with Crippen LogP contribution in [0.15, 0.2) is 27.7 Å². The Bertz CT molecular complexity index is 421. The first-order valence-electron chi connectivity index (χ1n) is 5.15. The summed E-state index contributed by atoms with van der Waals surface area (Å²) in [6.07, 6.45) is 2.31. The maximum Gasteiger partial charge on any atom is 0.189 e. The fourth-order valence-electron chi connectivity index (χ4n) is 1.32. The molecule has 1 aromatic carbocycles. The van der Waals surface area contributed by atoms with Gasteiger partial charge in [-0.15, -0.1) is 24.0 Å². The number of aliphatic imine (C=N–C) groups is 1. The van der Waals surface area contributed by atoms with Crippen molar-refractivity contribution in [3.63, 3.8) is 0 Å². The van der Waals surface area contributed by atoms with E-state index in [1.807, 2.05) is 0 Å². The number of nitrogens with two attached hydrogens (primary N) is 1. The Labute approximate surface area is 125 Å². The summed E-state index contributed by atoms with van der Waals surface area (Å²) in [5, 5.41) is 3.08. The van der Waals surface area contributed by atoms with Gasteiger partial charge in [0.2, 0.25) is 0 Å². The van der Waals surface area contributed by atoms with Gasteiger partial charge in [-0.25, -0.2) is 9.38 Å². The molecule has 6 heteroatoms. The molecule has 0 atom stereocenters. The third-order valence-electron chi connectivity index (χ3n) is 2.36. The maximum atomic E-state index is 13.0. The first-order chi connectivity index (χ1) is 7.65. The lowest BCUT2D eigenvalue weighted by Gasteiger charge is -2.04. The van der Waals surface area contributed by atoms with Crippen molar-refractivity contribution in [1.82, 2.24) is 5.32 Å². The van der Waals surface area contributed by atoms with E-state index in [1.165, 1.54) is 12.1 Å². The van der Waals surface area contributed by atoms with Gasteiger partial charge in [0.25, 0.3) is 0 Å². The van der Waals surface area contributed by atoms with Crippen LogP contribution in [-0.2, 0) is 6.54 Å². The Kier molecular flexibility index (Phi) is 5.64. The summed E-state index contributed by atoms with van der Waals surface area (Å²) in [6, 6.07) is 5.02. The number of nitrogens with one attached hydrogen (secondary N) is 1. The van der Waals surface area contributed by atoms with Crippen molar-refractivity contribution >= 4 is 45.9 Å². The highest BCUT2D eigenvalue weighted by atomic mass is 127. The van der Waals surface area contributed by atoms with Crippen LogP contribution >= 0.6 is 39.9 Å². The van der Waals surface area contributed by atoms with Crippen LogP contribution in [-0.4, -0.2) is 12.0 Å². The molecule has 1 aliphatic rings. The monoisotopic (exact) mass is 413 g/mol. The minimum Gasteiger partial charge on any atom is -0.370 e. The van der Waals surface area contributed by atoms with E-state index >= 15 is 0 Å². The number of rotatable bonds is 3. The zero-order valence-corrected chi connectivity index (χ0v) is 13.0. The van der Waals surface area contributed by atoms with E-state index in [-0.39, 0.29) is 29.8 Å². The lowest BCUT2D eigenvalue weighted by Crippen LogP contribution is -2.33. The topological polar surface area (TPSA) is 50.4 Å². The van der Waals surface area contributed by atoms with Crippen molar-refractivity contribution in [1.29, 1.82) is 0 Å². The van der Waals surface area contributed by atoms with Crippen molar-refractivity contribution in [3.8, 4) is 0 Å². The predicted octanol–water partition coefficient (Wildman–Crippen LogP) is 2.77. The number of guanidine groups is 1. The normalized spacial score (nSPS) is 15.3. The quantitative estimate of drug-likeness (QED) is 0.454. The van der Waals surface area contributed by atoms with E-state index < -0.39 is 0 Å². The van der Waals surface area contributed by atoms with E-state index in [1.54, 1.807) is 6.07 Å². The Morgan fingerprint density at radius 1 is 1.53 bits per heavy atom. The molecule has 17 heavy (non-hydrogen) atoms. The average Bonchev–Trinajstić information content (AvgIpc) is 3.03. The second-order valence-electron chi connectivity index (χ2n) is 3.86. The largest absolute Gasteiger partial charge is 0.370 e. The van der Waals surface area contributed by atoms with Gasteiger partial charge in [-0.3, -0.25) is 0 Å². The van der Waals surface area contributed by atoms with Gasteiger partial charge in [-0.2, -0.15) is 0 Å². The van der Waals surface area contributed by atoms with Gasteiger partial charge in [0, 0.05) is 10.5 Å². The molecule has 1 aliphatic carbocycles. The lowest BCUT2D eigenvalue weighted by molar-refractivity contribution is 0.625. The van der Waals surface area contributed by atoms with E-state index in [4.69, 9.17) is 5.73 Å². The lowest BCUT2D eigenvalue weighted by atomic mass is 10.2. The van der Waals surface area contributed by atoms with E-state index in [9.17, 15) is 4.39 Å². The highest BCUT2D eigenvalue weighted by Gasteiger charge is 2.21. The standard InChI is InChI=1S/C11H13BrFN3.HI/c12-10-4-1-8(13)5-7(10)6-15-11(14)16-9-2-3-9;/h1,4-5,9H,2-3,6H2,(H3,14,15,16);1H. The fourth-order valence-corrected chi connectivity index (χ4v) is 1.69. The molecule has 0 heterocycles. The molecule has 0 bridgehead atoms. The summed E-state index contributed by atoms with van der Waals surface area (Å²) in [7, 11) is 0. The van der Waals surface area contributed by atoms with Crippen molar-refractivity contribution < 1.29 is 4.39 Å². The molecule has 0 aromatic heterocycles. The summed E-state index contributed by atoms with van der Waals surface area (Å²) in [4.78, 5) is 4.16. The molecule has 1 saturated carbocycles. The molecule has 2 rings (SSSR count). The second-order valence-corrected chi connectivity index (χ2v) is 4.71. The van der Waals surface area contributed by atoms with E-state index in [0.717, 1.165) is 22.9 Å². The van der Waals surface area contributed by atoms with Crippen LogP contribution in [0.3, 0.4) is 0 Å². The SMILES string of the molecule is I.NC(=NCc1cc(F)ccc1Br)NC1CC1. The molecule has 0 unspecified atom stereocenters. The number of nitrogens with zero attached hydrogens (tertiary/aromatic N) is 1. The van der Waals surface area contributed by atoms with Gasteiger partial charge in [0.05, 0.1) is 6.54 Å². The van der Waals surface area contributed by atoms with Gasteiger partial charge >= 0.3 is 0 Å². The Morgan fingerprint density at radius 3 is 2.88 bits per heavy atom. The van der Waals surface area contributed by atoms with Crippen LogP contribution in [0.4, 0.5) is 4.39 Å². The third kappa shape index (κ3) is 4.79. The first kappa shape index (κ1) is 14.7. The number of benzene rings is 1. The summed E-state index contributed by atoms with van der Waals surface area (Å²) in [6.45, 7) is 0.379. The zero-order valence-electron chi connectivity index (χ0n) is 9.12. The molecule has 1 fully saturated rings. The fraction of sp³-hybridized carbons (Fsp3) is 0.364. The average molecular weight is 414 g/mol. The van der Waals surface area contributed by atoms with Crippen molar-refractivity contribution in [2.24, 2.45) is 10.7 Å². The first-order valence-corrected chi connectivity index (χ1v) is 5.95. The highest BCUT2D eigenvalue weighted by Crippen LogP contribution is 2.19. The van der Waals surface area contributed by atoms with Crippen LogP contribution in [0.5, 0.6) is 0 Å². The van der Waals surface area contributed by atoms with Crippen LogP contribution in [0, 0.1) is 5.82 Å². The highest BCUT2D eigenvalue weighted by molar-refractivity contribution is 14.0. The van der Waals surface area contributed by atoms with E-state index in [0.29, 0.717) is 18.5 Å². The van der Waals surface area contributed by atoms with Gasteiger partial charge in [-0.05, 0) is 36.6 Å². The summed E-state index contributed by atoms with van der Waals surface area (Å²) in [5.74, 6) is 0.167. The molecular formula is C11H14BrFIN3. The van der Waals surface area contributed by atoms with Gasteiger partial charge in [-0.1, -0.05) is 15.9 Å². The van der Waals surface area contributed by atoms with Crippen LogP contribution in [0.1, 0.15) is 18.4 Å². The Morgan fingerprint density at radius 2 is 2.24 bits per heavy atom. The molecule has 0 saturated heterocycles. The minimum atomic E-state index is -0.262. The molecule has 0 spiro atoms. The van der Waals surface area contributed by atoms with Crippen LogP contribution < -0.4 is 11.1 Å². The van der Waals surface area contributed by atoms with Crippen molar-refractivity contribution in [2.75, 3.05) is 0 Å². The molecule has 0 amide bonds. The van der Waals surface area contributed by atoms with E-state index in [2.05, 4.69) is 26.2 Å². The van der Waals surface area contributed by atoms with Crippen LogP contribution in [0.25, 0.3) is 0 Å². The number of halogens is 3. The van der Waals surface area contributed by atoms with Crippen molar-refractivity contribution in [3.05, 3.63) is 34.1 Å². The molecule has 3 N–H and O–H groups in total. The second kappa shape index (κ2) is 6.53. The molecule has 0 radical (unpaired) electrons. The maximum absolute atomic E-state index is 13.0. The van der Waals surface area contributed by atoms with Crippen molar-refractivity contribution in [2.45, 2.75) is 25.4 Å². The van der Waals surface area contributed by atoms with Gasteiger partial charge in [0.15, 0.2) is 5.96 Å². The van der Waals surface area contributed by atoms with Crippen LogP contribution in [0.2, 0.25) is 0 Å².